The zero-order chi connectivity index (χ0) is 9.57. The molecule has 1 spiro atoms. The molecule has 2 rings (SSSR count). The Morgan fingerprint density at radius 3 is 1.92 bits per heavy atom. The summed E-state index contributed by atoms with van der Waals surface area (Å²) in [4.78, 5) is 0. The molecule has 1 heterocycles. The lowest BCUT2D eigenvalue weighted by molar-refractivity contribution is 0.264. The average Bonchev–Trinajstić information content (AvgIpc) is 2.56. The van der Waals surface area contributed by atoms with Crippen molar-refractivity contribution < 1.29 is 0 Å². The highest BCUT2D eigenvalue weighted by Crippen LogP contribution is 2.34. The van der Waals surface area contributed by atoms with E-state index in [9.17, 15) is 0 Å². The maximum atomic E-state index is 3.67. The summed E-state index contributed by atoms with van der Waals surface area (Å²) in [5, 5.41) is 3.67. The number of nitrogens with one attached hydrogen (secondary N) is 1. The Hall–Kier alpha value is -0.0400. The van der Waals surface area contributed by atoms with E-state index < -0.39 is 0 Å². The summed E-state index contributed by atoms with van der Waals surface area (Å²) >= 11 is 0. The highest BCUT2D eigenvalue weighted by molar-refractivity contribution is 4.94. The predicted molar refractivity (Wildman–Crippen MR) is 59.0 cm³/mol. The van der Waals surface area contributed by atoms with E-state index in [1.807, 2.05) is 0 Å². The minimum absolute atomic E-state index is 0.623. The summed E-state index contributed by atoms with van der Waals surface area (Å²) in [6.07, 6.45) is 11.4. The van der Waals surface area contributed by atoms with Gasteiger partial charge < -0.3 is 5.32 Å². The molecule has 1 saturated carbocycles. The zero-order valence-corrected chi connectivity index (χ0v) is 9.36. The topological polar surface area (TPSA) is 12.0 Å². The van der Waals surface area contributed by atoms with Crippen molar-refractivity contribution in [2.24, 2.45) is 0 Å². The standard InChI is InChI=1S/C9H17N.C3H8/c1-2-5-9(6-3-1)7-4-8-10-9;1-3-2/h10H,1-8H2;3H2,1-2H3. The van der Waals surface area contributed by atoms with Crippen LogP contribution in [0.1, 0.15) is 65.2 Å². The highest BCUT2D eigenvalue weighted by Gasteiger charge is 2.33. The molecule has 0 aromatic carbocycles. The van der Waals surface area contributed by atoms with E-state index in [0.717, 1.165) is 0 Å². The van der Waals surface area contributed by atoms with Crippen molar-refractivity contribution >= 4 is 0 Å². The van der Waals surface area contributed by atoms with Gasteiger partial charge in [0.1, 0.15) is 0 Å². The van der Waals surface area contributed by atoms with Crippen LogP contribution in [0.15, 0.2) is 0 Å². The molecule has 0 atom stereocenters. The molecule has 2 fully saturated rings. The van der Waals surface area contributed by atoms with Crippen molar-refractivity contribution in [3.05, 3.63) is 0 Å². The summed E-state index contributed by atoms with van der Waals surface area (Å²) < 4.78 is 0. The van der Waals surface area contributed by atoms with Gasteiger partial charge in [-0.15, -0.1) is 0 Å². The number of rotatable bonds is 0. The van der Waals surface area contributed by atoms with Crippen LogP contribution in [0.5, 0.6) is 0 Å². The normalized spacial score (nSPS) is 25.4. The van der Waals surface area contributed by atoms with Gasteiger partial charge in [0.15, 0.2) is 0 Å². The van der Waals surface area contributed by atoms with Gasteiger partial charge in [0, 0.05) is 5.54 Å². The summed E-state index contributed by atoms with van der Waals surface area (Å²) in [6, 6.07) is 0. The molecule has 0 bridgehead atoms. The first-order valence-corrected chi connectivity index (χ1v) is 6.08. The molecule has 2 aliphatic rings. The Balaban J connectivity index is 0.000000251. The summed E-state index contributed by atoms with van der Waals surface area (Å²) in [7, 11) is 0. The Morgan fingerprint density at radius 1 is 0.923 bits per heavy atom. The molecule has 1 aliphatic carbocycles. The molecule has 0 aromatic rings. The monoisotopic (exact) mass is 183 g/mol. The highest BCUT2D eigenvalue weighted by atomic mass is 15.0. The second kappa shape index (κ2) is 5.64. The van der Waals surface area contributed by atoms with Crippen molar-refractivity contribution in [2.45, 2.75) is 70.8 Å². The van der Waals surface area contributed by atoms with Crippen molar-refractivity contribution in [2.75, 3.05) is 6.54 Å². The third kappa shape index (κ3) is 3.30. The van der Waals surface area contributed by atoms with E-state index in [-0.39, 0.29) is 0 Å². The van der Waals surface area contributed by atoms with Crippen LogP contribution in [0.25, 0.3) is 0 Å². The van der Waals surface area contributed by atoms with Gasteiger partial charge in [0.2, 0.25) is 0 Å². The second-order valence-electron chi connectivity index (χ2n) is 4.58. The van der Waals surface area contributed by atoms with Crippen molar-refractivity contribution in [1.82, 2.24) is 5.32 Å². The van der Waals surface area contributed by atoms with Crippen LogP contribution < -0.4 is 5.32 Å². The van der Waals surface area contributed by atoms with Gasteiger partial charge >= 0.3 is 0 Å². The molecule has 1 aliphatic heterocycles. The molecule has 0 amide bonds. The van der Waals surface area contributed by atoms with Crippen molar-refractivity contribution in [3.8, 4) is 0 Å². The third-order valence-electron chi connectivity index (χ3n) is 3.14. The lowest BCUT2D eigenvalue weighted by Gasteiger charge is -2.33. The minimum Gasteiger partial charge on any atom is -0.311 e. The molecule has 0 radical (unpaired) electrons. The zero-order valence-electron chi connectivity index (χ0n) is 9.36. The number of hydrogen-bond donors (Lipinski definition) is 1. The van der Waals surface area contributed by atoms with Crippen molar-refractivity contribution in [1.29, 1.82) is 0 Å². The average molecular weight is 183 g/mol. The van der Waals surface area contributed by atoms with Crippen LogP contribution in [0.4, 0.5) is 0 Å². The van der Waals surface area contributed by atoms with Gasteiger partial charge in [0.05, 0.1) is 0 Å². The Morgan fingerprint density at radius 2 is 1.46 bits per heavy atom. The molecule has 0 unspecified atom stereocenters. The fraction of sp³-hybridized carbons (Fsp3) is 1.00. The van der Waals surface area contributed by atoms with Gasteiger partial charge in [-0.05, 0) is 32.2 Å². The van der Waals surface area contributed by atoms with Gasteiger partial charge in [-0.25, -0.2) is 0 Å². The Labute approximate surface area is 83.3 Å². The molecule has 0 aromatic heterocycles. The van der Waals surface area contributed by atoms with Gasteiger partial charge in [-0.2, -0.15) is 0 Å². The molecule has 78 valence electrons. The van der Waals surface area contributed by atoms with E-state index >= 15 is 0 Å². The van der Waals surface area contributed by atoms with Gasteiger partial charge in [-0.3, -0.25) is 0 Å². The number of hydrogen-bond acceptors (Lipinski definition) is 1. The maximum Gasteiger partial charge on any atom is 0.0182 e. The van der Waals surface area contributed by atoms with E-state index in [1.165, 1.54) is 57.9 Å². The molecular formula is C12H25N. The van der Waals surface area contributed by atoms with Gasteiger partial charge in [0.25, 0.3) is 0 Å². The predicted octanol–water partition coefficient (Wildman–Crippen LogP) is 3.49. The van der Waals surface area contributed by atoms with Crippen LogP contribution in [0.2, 0.25) is 0 Å². The molecule has 13 heavy (non-hydrogen) atoms. The van der Waals surface area contributed by atoms with E-state index in [1.54, 1.807) is 0 Å². The van der Waals surface area contributed by atoms with Gasteiger partial charge in [-0.1, -0.05) is 39.5 Å². The van der Waals surface area contributed by atoms with Crippen LogP contribution >= 0.6 is 0 Å². The van der Waals surface area contributed by atoms with E-state index in [0.29, 0.717) is 5.54 Å². The largest absolute Gasteiger partial charge is 0.311 e. The fourth-order valence-corrected chi connectivity index (χ4v) is 2.52. The minimum atomic E-state index is 0.623. The third-order valence-corrected chi connectivity index (χ3v) is 3.14. The summed E-state index contributed by atoms with van der Waals surface area (Å²) in [6.45, 7) is 5.53. The Kier molecular flexibility index (Phi) is 4.79. The maximum absolute atomic E-state index is 3.67. The SMILES string of the molecule is C1CCC2(CC1)CCCN2.CCC. The first-order chi connectivity index (χ1) is 6.33. The van der Waals surface area contributed by atoms with E-state index in [4.69, 9.17) is 0 Å². The van der Waals surface area contributed by atoms with Crippen LogP contribution in [0.3, 0.4) is 0 Å². The lowest BCUT2D eigenvalue weighted by Crippen LogP contribution is -2.41. The summed E-state index contributed by atoms with van der Waals surface area (Å²) in [5.74, 6) is 0. The van der Waals surface area contributed by atoms with E-state index in [2.05, 4.69) is 19.2 Å². The second-order valence-corrected chi connectivity index (χ2v) is 4.58. The Bertz CT molecular complexity index is 117. The molecular weight excluding hydrogens is 158 g/mol. The molecule has 1 N–H and O–H groups in total. The molecule has 1 nitrogen and oxygen atoms in total. The first kappa shape index (κ1) is 11.0. The molecule has 1 saturated heterocycles. The molecule has 1 heteroatoms. The van der Waals surface area contributed by atoms with Crippen LogP contribution in [-0.2, 0) is 0 Å². The fourth-order valence-electron chi connectivity index (χ4n) is 2.52. The smallest absolute Gasteiger partial charge is 0.0182 e. The van der Waals surface area contributed by atoms with Crippen molar-refractivity contribution in [3.63, 3.8) is 0 Å². The summed E-state index contributed by atoms with van der Waals surface area (Å²) in [5.41, 5.74) is 0.623. The first-order valence-electron chi connectivity index (χ1n) is 6.08. The lowest BCUT2D eigenvalue weighted by atomic mass is 9.81. The van der Waals surface area contributed by atoms with Crippen LogP contribution in [0, 0.1) is 0 Å². The quantitative estimate of drug-likeness (QED) is 0.606. The van der Waals surface area contributed by atoms with Crippen LogP contribution in [-0.4, -0.2) is 12.1 Å².